The van der Waals surface area contributed by atoms with E-state index >= 15 is 0 Å². The fourth-order valence-electron chi connectivity index (χ4n) is 0.717. The second-order valence-corrected chi connectivity index (χ2v) is 2.13. The van der Waals surface area contributed by atoms with Crippen LogP contribution in [0.25, 0.3) is 0 Å². The second-order valence-electron chi connectivity index (χ2n) is 1.94. The van der Waals surface area contributed by atoms with E-state index in [9.17, 15) is 4.79 Å². The number of nitrogens with one attached hydrogen (secondary N) is 1. The van der Waals surface area contributed by atoms with E-state index in [1.807, 2.05) is 4.84 Å². The van der Waals surface area contributed by atoms with Gasteiger partial charge in [-0.05, 0) is 12.1 Å². The third kappa shape index (κ3) is 1.62. The summed E-state index contributed by atoms with van der Waals surface area (Å²) in [7, 11) is 0. The highest BCUT2D eigenvalue weighted by Gasteiger charge is 2.07. The van der Waals surface area contributed by atoms with Gasteiger partial charge in [0, 0.05) is 11.8 Å². The first kappa shape index (κ1) is 7.88. The molecule has 58 valence electrons. The largest absolute Gasteiger partial charge is 0.507 e. The second kappa shape index (κ2) is 3.25. The predicted octanol–water partition coefficient (Wildman–Crippen LogP) is 1.28. The number of amides is 1. The number of carbonyl (C=O) groups excluding carboxylic acids is 1. The van der Waals surface area contributed by atoms with Crippen molar-refractivity contribution in [1.29, 1.82) is 0 Å². The van der Waals surface area contributed by atoms with Crippen LogP contribution in [-0.4, -0.2) is 11.0 Å². The van der Waals surface area contributed by atoms with Crippen LogP contribution >= 0.6 is 11.8 Å². The van der Waals surface area contributed by atoms with Crippen LogP contribution in [0.4, 0.5) is 0 Å². The van der Waals surface area contributed by atoms with Gasteiger partial charge in [-0.1, -0.05) is 12.1 Å². The maximum absolute atomic E-state index is 10.8. The molecule has 4 heteroatoms. The molecule has 0 saturated heterocycles. The summed E-state index contributed by atoms with van der Waals surface area (Å²) < 4.78 is 0. The molecule has 0 radical (unpaired) electrons. The zero-order valence-corrected chi connectivity index (χ0v) is 6.30. The van der Waals surface area contributed by atoms with Gasteiger partial charge < -0.3 is 5.11 Å². The van der Waals surface area contributed by atoms with Crippen LogP contribution in [0, 0.1) is 0 Å². The molecule has 11 heavy (non-hydrogen) atoms. The summed E-state index contributed by atoms with van der Waals surface area (Å²) >= 11 is 5.05. The summed E-state index contributed by atoms with van der Waals surface area (Å²) in [6.45, 7) is 0. The monoisotopic (exact) mass is 171 g/mol. The molecule has 0 unspecified atom stereocenters. The van der Waals surface area contributed by atoms with Gasteiger partial charge in [0.15, 0.2) is 0 Å². The summed E-state index contributed by atoms with van der Waals surface area (Å²) in [5, 5.41) is 9.09. The normalized spacial score (nSPS) is 9.18. The van der Waals surface area contributed by atoms with E-state index in [-0.39, 0.29) is 11.3 Å². The predicted molar refractivity (Wildman–Crippen MR) is 41.4 cm³/mol. The maximum Gasteiger partial charge on any atom is 0.269 e. The molecule has 1 aromatic carbocycles. The number of phenols is 1. The first-order valence-electron chi connectivity index (χ1n) is 2.94. The van der Waals surface area contributed by atoms with Crippen molar-refractivity contribution >= 4 is 17.7 Å². The van der Waals surface area contributed by atoms with E-state index in [2.05, 4.69) is 0 Å². The van der Waals surface area contributed by atoms with Crippen LogP contribution in [0.15, 0.2) is 24.3 Å². The topological polar surface area (TPSA) is 49.3 Å². The highest BCUT2D eigenvalue weighted by Crippen LogP contribution is 2.14. The van der Waals surface area contributed by atoms with Gasteiger partial charge in [-0.3, -0.25) is 9.63 Å². The number of para-hydroxylation sites is 1. The van der Waals surface area contributed by atoms with Crippen molar-refractivity contribution in [1.82, 2.24) is 4.84 Å². The van der Waals surface area contributed by atoms with Crippen molar-refractivity contribution in [2.45, 2.75) is 0 Å². The molecular weight excluding hydrogens is 166 g/mol. The summed E-state index contributed by atoms with van der Waals surface area (Å²) in [6.07, 6.45) is 0. The van der Waals surface area contributed by atoms with Gasteiger partial charge in [-0.2, -0.15) is 0 Å². The van der Waals surface area contributed by atoms with Crippen LogP contribution in [0.5, 0.6) is 5.75 Å². The van der Waals surface area contributed by atoms with Crippen molar-refractivity contribution in [3.63, 3.8) is 0 Å². The fraction of sp³-hybridized carbons (Fsp3) is 0. The molecule has 0 aliphatic heterocycles. The van der Waals surface area contributed by atoms with Crippen LogP contribution in [-0.2, 0) is 0 Å². The SMILES string of the molecule is O=C(NCl)c1ccccc1O. The van der Waals surface area contributed by atoms with Gasteiger partial charge in [-0.15, -0.1) is 0 Å². The molecule has 0 aliphatic carbocycles. The molecule has 0 fully saturated rings. The zero-order valence-electron chi connectivity index (χ0n) is 5.54. The number of aromatic hydroxyl groups is 1. The van der Waals surface area contributed by atoms with E-state index in [1.165, 1.54) is 12.1 Å². The molecule has 0 bridgehead atoms. The number of hydrogen-bond acceptors (Lipinski definition) is 2. The average Bonchev–Trinajstić information content (AvgIpc) is 2.04. The molecular formula is C7H6ClNO2. The number of benzene rings is 1. The van der Waals surface area contributed by atoms with Gasteiger partial charge >= 0.3 is 0 Å². The lowest BCUT2D eigenvalue weighted by Gasteiger charge is -1.99. The fourth-order valence-corrected chi connectivity index (χ4v) is 0.818. The molecule has 0 heterocycles. The van der Waals surface area contributed by atoms with Crippen molar-refractivity contribution < 1.29 is 9.90 Å². The molecule has 0 saturated carbocycles. The Morgan fingerprint density at radius 3 is 2.64 bits per heavy atom. The third-order valence-corrected chi connectivity index (χ3v) is 1.41. The number of rotatable bonds is 1. The highest BCUT2D eigenvalue weighted by molar-refractivity contribution is 6.24. The average molecular weight is 172 g/mol. The Labute approximate surface area is 68.7 Å². The number of halogens is 1. The summed E-state index contributed by atoms with van der Waals surface area (Å²) in [5.74, 6) is -0.588. The molecule has 1 rings (SSSR count). The Balaban J connectivity index is 3.03. The minimum absolute atomic E-state index is 0.0781. The van der Waals surface area contributed by atoms with Crippen LogP contribution < -0.4 is 4.84 Å². The summed E-state index contributed by atoms with van der Waals surface area (Å²) in [5.41, 5.74) is 0.169. The Morgan fingerprint density at radius 2 is 2.09 bits per heavy atom. The maximum atomic E-state index is 10.8. The number of hydrogen-bond donors (Lipinski definition) is 2. The zero-order chi connectivity index (χ0) is 8.27. The van der Waals surface area contributed by atoms with Crippen molar-refractivity contribution in [2.24, 2.45) is 0 Å². The van der Waals surface area contributed by atoms with E-state index in [1.54, 1.807) is 12.1 Å². The number of carbonyl (C=O) groups is 1. The number of phenolic OH excluding ortho intramolecular Hbond substituents is 1. The molecule has 0 spiro atoms. The Bertz CT molecular complexity index is 275. The lowest BCUT2D eigenvalue weighted by Crippen LogP contribution is -2.12. The van der Waals surface area contributed by atoms with Gasteiger partial charge in [0.2, 0.25) is 0 Å². The van der Waals surface area contributed by atoms with Gasteiger partial charge in [0.1, 0.15) is 5.75 Å². The molecule has 3 nitrogen and oxygen atoms in total. The summed E-state index contributed by atoms with van der Waals surface area (Å²) in [4.78, 5) is 12.7. The van der Waals surface area contributed by atoms with E-state index < -0.39 is 5.91 Å². The Hall–Kier alpha value is -1.22. The van der Waals surface area contributed by atoms with E-state index in [0.29, 0.717) is 0 Å². The molecule has 1 aromatic rings. The highest BCUT2D eigenvalue weighted by atomic mass is 35.5. The third-order valence-electron chi connectivity index (χ3n) is 1.23. The standard InChI is InChI=1S/C7H6ClNO2/c8-9-7(11)5-3-1-2-4-6(5)10/h1-4,10H,(H,9,11). The molecule has 1 amide bonds. The minimum atomic E-state index is -0.509. The molecule has 2 N–H and O–H groups in total. The first-order valence-corrected chi connectivity index (χ1v) is 3.32. The lowest BCUT2D eigenvalue weighted by atomic mass is 10.2. The smallest absolute Gasteiger partial charge is 0.269 e. The Morgan fingerprint density at radius 1 is 1.45 bits per heavy atom. The van der Waals surface area contributed by atoms with Crippen LogP contribution in [0.1, 0.15) is 10.4 Å². The van der Waals surface area contributed by atoms with Crippen molar-refractivity contribution in [3.8, 4) is 5.75 Å². The first-order chi connectivity index (χ1) is 5.25. The minimum Gasteiger partial charge on any atom is -0.507 e. The summed E-state index contributed by atoms with van der Waals surface area (Å²) in [6, 6.07) is 6.16. The van der Waals surface area contributed by atoms with Crippen molar-refractivity contribution in [2.75, 3.05) is 0 Å². The van der Waals surface area contributed by atoms with Crippen LogP contribution in [0.2, 0.25) is 0 Å². The van der Waals surface area contributed by atoms with Gasteiger partial charge in [0.05, 0.1) is 5.56 Å². The van der Waals surface area contributed by atoms with E-state index in [4.69, 9.17) is 16.9 Å². The molecule has 0 aromatic heterocycles. The molecule has 0 aliphatic rings. The van der Waals surface area contributed by atoms with Gasteiger partial charge in [0.25, 0.3) is 5.91 Å². The quantitative estimate of drug-likeness (QED) is 0.626. The van der Waals surface area contributed by atoms with Crippen LogP contribution in [0.3, 0.4) is 0 Å². The Kier molecular flexibility index (Phi) is 2.33. The van der Waals surface area contributed by atoms with Gasteiger partial charge in [-0.25, -0.2) is 0 Å². The lowest BCUT2D eigenvalue weighted by molar-refractivity contribution is 0.0979. The van der Waals surface area contributed by atoms with E-state index in [0.717, 1.165) is 0 Å². The molecule has 0 atom stereocenters. The van der Waals surface area contributed by atoms with Crippen molar-refractivity contribution in [3.05, 3.63) is 29.8 Å².